The molecule has 0 bridgehead atoms. The second-order valence-corrected chi connectivity index (χ2v) is 5.08. The van der Waals surface area contributed by atoms with Gasteiger partial charge in [0.2, 0.25) is 5.75 Å². The fourth-order valence-corrected chi connectivity index (χ4v) is 2.22. The number of carbonyl (C=O) groups is 1. The van der Waals surface area contributed by atoms with Gasteiger partial charge in [-0.15, -0.1) is 23.3 Å². The maximum absolute atomic E-state index is 11.4. The van der Waals surface area contributed by atoms with E-state index in [1.54, 1.807) is 37.3 Å². The molecule has 2 rings (SSSR count). The van der Waals surface area contributed by atoms with E-state index < -0.39 is 0 Å². The van der Waals surface area contributed by atoms with E-state index in [2.05, 4.69) is 6.08 Å². The van der Waals surface area contributed by atoms with Crippen molar-refractivity contribution in [2.24, 2.45) is 0 Å². The maximum Gasteiger partial charge on any atom is 3.00 e. The van der Waals surface area contributed by atoms with E-state index in [4.69, 9.17) is 14.2 Å². The molecule has 1 N–H and O–H groups in total. The third-order valence-electron chi connectivity index (χ3n) is 3.51. The fourth-order valence-electron chi connectivity index (χ4n) is 2.22. The minimum absolute atomic E-state index is 0. The zero-order valence-electron chi connectivity index (χ0n) is 14.6. The molecule has 0 spiro atoms. The molecule has 1 aromatic rings. The number of aliphatic hydroxyl groups is 1. The predicted molar refractivity (Wildman–Crippen MR) is 91.4 cm³/mol. The molecular formula is C19H19O5Y+2. The monoisotopic (exact) mass is 416 g/mol. The molecule has 0 fully saturated rings. The van der Waals surface area contributed by atoms with Gasteiger partial charge in [0.05, 0.1) is 27.1 Å². The molecule has 1 aliphatic carbocycles. The SMILES string of the molecule is COc1cc(/C(O)=C/C=C2\C=[C-]C(=O)C(C)=C2)cc(OC)c1OC.[Y+3]. The van der Waals surface area contributed by atoms with E-state index in [9.17, 15) is 9.90 Å². The van der Waals surface area contributed by atoms with Crippen LogP contribution < -0.4 is 14.2 Å². The number of methoxy groups -OCH3 is 3. The number of benzene rings is 1. The summed E-state index contributed by atoms with van der Waals surface area (Å²) in [6.45, 7) is 1.72. The Balaban J connectivity index is 0.00000312. The summed E-state index contributed by atoms with van der Waals surface area (Å²) >= 11 is 0. The molecule has 0 aromatic heterocycles. The predicted octanol–water partition coefficient (Wildman–Crippen LogP) is 3.42. The quantitative estimate of drug-likeness (QED) is 0.589. The Bertz CT molecular complexity index is 747. The summed E-state index contributed by atoms with van der Waals surface area (Å²) in [7, 11) is 4.54. The van der Waals surface area contributed by atoms with Gasteiger partial charge in [0.1, 0.15) is 5.76 Å². The van der Waals surface area contributed by atoms with Gasteiger partial charge in [-0.2, -0.15) is 12.2 Å². The van der Waals surface area contributed by atoms with E-state index in [1.165, 1.54) is 27.4 Å². The molecule has 126 valence electrons. The van der Waals surface area contributed by atoms with Crippen LogP contribution in [0.1, 0.15) is 12.5 Å². The van der Waals surface area contributed by atoms with Crippen LogP contribution in [0.4, 0.5) is 0 Å². The van der Waals surface area contributed by atoms with Crippen LogP contribution in [0, 0.1) is 6.08 Å². The standard InChI is InChI=1S/C19H19O5.Y/c1-12-9-13(5-7-15(12)20)6-8-16(21)14-10-17(22-2)19(24-4)18(11-14)23-3;/h5-6,8-11,21H,1-4H3;/q-1;+3/b13-6+,16-8-;. The van der Waals surface area contributed by atoms with Crippen LogP contribution in [-0.2, 0) is 37.5 Å². The summed E-state index contributed by atoms with van der Waals surface area (Å²) in [5.74, 6) is 1.25. The molecule has 0 unspecified atom stereocenters. The first kappa shape index (κ1) is 21.2. The van der Waals surface area contributed by atoms with Crippen molar-refractivity contribution in [3.8, 4) is 17.2 Å². The number of hydrogen-bond donors (Lipinski definition) is 1. The van der Waals surface area contributed by atoms with Crippen LogP contribution in [0.25, 0.3) is 5.76 Å². The third-order valence-corrected chi connectivity index (χ3v) is 3.51. The van der Waals surface area contributed by atoms with Crippen LogP contribution in [0.15, 0.2) is 47.6 Å². The van der Waals surface area contributed by atoms with Crippen molar-refractivity contribution < 1.29 is 56.8 Å². The zero-order valence-corrected chi connectivity index (χ0v) is 17.5. The molecule has 5 nitrogen and oxygen atoms in total. The molecule has 1 aliphatic rings. The number of carbonyl (C=O) groups excluding carboxylic acids is 1. The first-order valence-corrected chi connectivity index (χ1v) is 7.23. The second-order valence-electron chi connectivity index (χ2n) is 5.08. The third kappa shape index (κ3) is 5.06. The molecule has 0 aliphatic heterocycles. The van der Waals surface area contributed by atoms with Gasteiger partial charge in [0, 0.05) is 5.56 Å². The van der Waals surface area contributed by atoms with Gasteiger partial charge in [-0.25, -0.2) is 0 Å². The summed E-state index contributed by atoms with van der Waals surface area (Å²) in [6.07, 6.45) is 9.17. The van der Waals surface area contributed by atoms with Crippen molar-refractivity contribution >= 4 is 11.5 Å². The van der Waals surface area contributed by atoms with E-state index >= 15 is 0 Å². The number of ether oxygens (including phenoxy) is 3. The summed E-state index contributed by atoms with van der Waals surface area (Å²) in [4.78, 5) is 11.4. The molecule has 0 heterocycles. The van der Waals surface area contributed by atoms with Gasteiger partial charge >= 0.3 is 32.7 Å². The molecular weight excluding hydrogens is 397 g/mol. The largest absolute Gasteiger partial charge is 3.00 e. The second kappa shape index (κ2) is 9.59. The van der Waals surface area contributed by atoms with E-state index in [0.717, 1.165) is 5.57 Å². The molecule has 0 saturated carbocycles. The Kier molecular flexibility index (Phi) is 8.13. The Morgan fingerprint density at radius 1 is 1.12 bits per heavy atom. The number of hydrogen-bond acceptors (Lipinski definition) is 5. The topological polar surface area (TPSA) is 65.0 Å². The molecule has 0 amide bonds. The Labute approximate surface area is 172 Å². The fraction of sp³-hybridized carbons (Fsp3) is 0.211. The molecule has 0 radical (unpaired) electrons. The van der Waals surface area contributed by atoms with Gasteiger partial charge in [-0.05, 0) is 18.2 Å². The minimum Gasteiger partial charge on any atom is -0.507 e. The number of Topliss-reactive ketones (excluding diaryl/α,β-unsaturated/α-hetero) is 1. The van der Waals surface area contributed by atoms with Crippen LogP contribution in [0.3, 0.4) is 0 Å². The minimum atomic E-state index is -0.134. The number of aliphatic hydroxyl groups excluding tert-OH is 1. The van der Waals surface area contributed by atoms with Crippen LogP contribution in [0.2, 0.25) is 0 Å². The Morgan fingerprint density at radius 2 is 1.72 bits per heavy atom. The van der Waals surface area contributed by atoms with Gasteiger partial charge < -0.3 is 24.1 Å². The van der Waals surface area contributed by atoms with Crippen molar-refractivity contribution in [3.05, 3.63) is 59.2 Å². The normalized spacial score (nSPS) is 15.5. The summed E-state index contributed by atoms with van der Waals surface area (Å²) in [6, 6.07) is 3.30. The smallest absolute Gasteiger partial charge is 0.507 e. The van der Waals surface area contributed by atoms with Crippen molar-refractivity contribution in [2.45, 2.75) is 6.92 Å². The molecule has 1 aromatic carbocycles. The van der Waals surface area contributed by atoms with Crippen molar-refractivity contribution in [1.82, 2.24) is 0 Å². The summed E-state index contributed by atoms with van der Waals surface area (Å²) in [5.41, 5.74) is 1.89. The molecule has 25 heavy (non-hydrogen) atoms. The number of ketones is 1. The Morgan fingerprint density at radius 3 is 2.20 bits per heavy atom. The van der Waals surface area contributed by atoms with Crippen LogP contribution >= 0.6 is 0 Å². The average molecular weight is 416 g/mol. The van der Waals surface area contributed by atoms with E-state index in [0.29, 0.717) is 28.4 Å². The summed E-state index contributed by atoms with van der Waals surface area (Å²) < 4.78 is 15.8. The first-order valence-electron chi connectivity index (χ1n) is 7.23. The summed E-state index contributed by atoms with van der Waals surface area (Å²) in [5, 5.41) is 10.3. The average Bonchev–Trinajstić information content (AvgIpc) is 2.60. The van der Waals surface area contributed by atoms with Gasteiger partial charge in [0.15, 0.2) is 11.5 Å². The number of allylic oxidation sites excluding steroid dienone is 7. The molecule has 0 atom stereocenters. The van der Waals surface area contributed by atoms with Crippen molar-refractivity contribution in [2.75, 3.05) is 21.3 Å². The first-order chi connectivity index (χ1) is 11.5. The van der Waals surface area contributed by atoms with E-state index in [1.807, 2.05) is 0 Å². The zero-order chi connectivity index (χ0) is 17.7. The van der Waals surface area contributed by atoms with Crippen molar-refractivity contribution in [3.63, 3.8) is 0 Å². The van der Waals surface area contributed by atoms with Gasteiger partial charge in [0.25, 0.3) is 0 Å². The van der Waals surface area contributed by atoms with Gasteiger partial charge in [-0.1, -0.05) is 6.92 Å². The maximum atomic E-state index is 11.4. The Hall–Kier alpha value is -1.85. The van der Waals surface area contributed by atoms with Crippen LogP contribution in [-0.4, -0.2) is 32.2 Å². The van der Waals surface area contributed by atoms with Crippen molar-refractivity contribution in [1.29, 1.82) is 0 Å². The molecule has 6 heteroatoms. The van der Waals surface area contributed by atoms with E-state index in [-0.39, 0.29) is 44.3 Å². The van der Waals surface area contributed by atoms with Gasteiger partial charge in [-0.3, -0.25) is 0 Å². The number of rotatable bonds is 5. The van der Waals surface area contributed by atoms with Crippen LogP contribution in [0.5, 0.6) is 17.2 Å². The molecule has 0 saturated heterocycles.